The minimum atomic E-state index is -0.257. The Morgan fingerprint density at radius 3 is 2.69 bits per heavy atom. The molecule has 29 heavy (non-hydrogen) atoms. The second-order valence-electron chi connectivity index (χ2n) is 7.61. The molecule has 0 fully saturated rings. The SMILES string of the molecule is COc1cccc([C@H]2CC(=O)C3=C(C2)NC(=O)C[C@@H]3c2ccc3c(c2)OCO3)c1. The number of ether oxygens (including phenoxy) is 3. The van der Waals surface area contributed by atoms with Crippen LogP contribution in [0.25, 0.3) is 0 Å². The van der Waals surface area contributed by atoms with Crippen LogP contribution in [0, 0.1) is 0 Å². The number of carbonyl (C=O) groups excluding carboxylic acids is 2. The third-order valence-corrected chi connectivity index (χ3v) is 5.90. The number of amides is 1. The van der Waals surface area contributed by atoms with E-state index in [0.717, 1.165) is 28.1 Å². The average molecular weight is 391 g/mol. The highest BCUT2D eigenvalue weighted by Crippen LogP contribution is 2.44. The monoisotopic (exact) mass is 391 g/mol. The fraction of sp³-hybridized carbons (Fsp3) is 0.304. The van der Waals surface area contributed by atoms with E-state index in [1.54, 1.807) is 7.11 Å². The molecule has 148 valence electrons. The Bertz CT molecular complexity index is 1040. The number of ketones is 1. The maximum absolute atomic E-state index is 13.2. The lowest BCUT2D eigenvalue weighted by atomic mass is 9.73. The van der Waals surface area contributed by atoms with Crippen LogP contribution in [-0.4, -0.2) is 25.6 Å². The molecule has 2 aliphatic heterocycles. The zero-order valence-electron chi connectivity index (χ0n) is 16.1. The van der Waals surface area contributed by atoms with E-state index in [-0.39, 0.29) is 36.7 Å². The van der Waals surface area contributed by atoms with Gasteiger partial charge in [-0.1, -0.05) is 18.2 Å². The number of carbonyl (C=O) groups is 2. The van der Waals surface area contributed by atoms with Gasteiger partial charge < -0.3 is 19.5 Å². The highest BCUT2D eigenvalue weighted by atomic mass is 16.7. The molecule has 0 aromatic heterocycles. The molecule has 0 saturated heterocycles. The molecule has 2 heterocycles. The second-order valence-corrected chi connectivity index (χ2v) is 7.61. The average Bonchev–Trinajstić information content (AvgIpc) is 3.20. The van der Waals surface area contributed by atoms with Crippen molar-refractivity contribution in [3.05, 3.63) is 64.9 Å². The molecule has 0 bridgehead atoms. The molecule has 3 aliphatic rings. The molecular weight excluding hydrogens is 370 g/mol. The molecule has 0 spiro atoms. The number of Topliss-reactive ketones (excluding diaryl/α,β-unsaturated/α-hetero) is 1. The topological polar surface area (TPSA) is 73.9 Å². The summed E-state index contributed by atoms with van der Waals surface area (Å²) in [5, 5.41) is 2.96. The maximum Gasteiger partial charge on any atom is 0.231 e. The number of fused-ring (bicyclic) bond motifs is 1. The molecule has 6 heteroatoms. The van der Waals surface area contributed by atoms with Crippen molar-refractivity contribution in [2.75, 3.05) is 13.9 Å². The van der Waals surface area contributed by atoms with E-state index in [9.17, 15) is 9.59 Å². The van der Waals surface area contributed by atoms with Crippen LogP contribution in [0.5, 0.6) is 17.2 Å². The van der Waals surface area contributed by atoms with Crippen LogP contribution in [0.4, 0.5) is 0 Å². The Balaban J connectivity index is 1.50. The van der Waals surface area contributed by atoms with Crippen molar-refractivity contribution in [1.29, 1.82) is 0 Å². The van der Waals surface area contributed by atoms with Gasteiger partial charge in [0.25, 0.3) is 0 Å². The lowest BCUT2D eigenvalue weighted by Gasteiger charge is -2.34. The summed E-state index contributed by atoms with van der Waals surface area (Å²) in [5.41, 5.74) is 3.42. The highest BCUT2D eigenvalue weighted by Gasteiger charge is 2.38. The number of hydrogen-bond acceptors (Lipinski definition) is 5. The maximum atomic E-state index is 13.2. The Kier molecular flexibility index (Phi) is 4.27. The van der Waals surface area contributed by atoms with Crippen molar-refractivity contribution in [2.24, 2.45) is 0 Å². The van der Waals surface area contributed by atoms with Crippen LogP contribution < -0.4 is 19.5 Å². The molecule has 1 amide bonds. The molecule has 1 N–H and O–H groups in total. The van der Waals surface area contributed by atoms with Gasteiger partial charge in [0.05, 0.1) is 7.11 Å². The van der Waals surface area contributed by atoms with Gasteiger partial charge in [0.2, 0.25) is 12.7 Å². The quantitative estimate of drug-likeness (QED) is 0.868. The largest absolute Gasteiger partial charge is 0.497 e. The number of hydrogen-bond donors (Lipinski definition) is 1. The lowest BCUT2D eigenvalue weighted by Crippen LogP contribution is -2.38. The van der Waals surface area contributed by atoms with Crippen LogP contribution in [0.2, 0.25) is 0 Å². The van der Waals surface area contributed by atoms with E-state index < -0.39 is 0 Å². The van der Waals surface area contributed by atoms with Crippen molar-refractivity contribution in [3.8, 4) is 17.2 Å². The van der Waals surface area contributed by atoms with E-state index in [2.05, 4.69) is 5.32 Å². The first-order valence-electron chi connectivity index (χ1n) is 9.72. The Hall–Kier alpha value is -3.28. The summed E-state index contributed by atoms with van der Waals surface area (Å²) in [6.07, 6.45) is 1.30. The summed E-state index contributed by atoms with van der Waals surface area (Å²) in [7, 11) is 1.63. The van der Waals surface area contributed by atoms with E-state index in [4.69, 9.17) is 14.2 Å². The standard InChI is InChI=1S/C23H21NO5/c1-27-16-4-2-3-13(7-16)15-8-18-23(19(25)9-15)17(11-22(26)24-18)14-5-6-20-21(10-14)29-12-28-20/h2-7,10,15,17H,8-9,11-12H2,1H3,(H,24,26)/t15-,17-/m1/s1. The number of nitrogens with one attached hydrogen (secondary N) is 1. The van der Waals surface area contributed by atoms with E-state index in [1.165, 1.54) is 0 Å². The Labute approximate surface area is 168 Å². The summed E-state index contributed by atoms with van der Waals surface area (Å²) >= 11 is 0. The fourth-order valence-electron chi connectivity index (χ4n) is 4.51. The van der Waals surface area contributed by atoms with Crippen LogP contribution in [0.3, 0.4) is 0 Å². The smallest absolute Gasteiger partial charge is 0.231 e. The first kappa shape index (κ1) is 17.8. The fourth-order valence-corrected chi connectivity index (χ4v) is 4.51. The van der Waals surface area contributed by atoms with Gasteiger partial charge in [0, 0.05) is 30.0 Å². The van der Waals surface area contributed by atoms with Crippen molar-refractivity contribution >= 4 is 11.7 Å². The molecule has 0 radical (unpaired) electrons. The van der Waals surface area contributed by atoms with Gasteiger partial charge in [-0.3, -0.25) is 9.59 Å². The number of benzene rings is 2. The van der Waals surface area contributed by atoms with Gasteiger partial charge in [-0.15, -0.1) is 0 Å². The number of rotatable bonds is 3. The molecule has 2 aromatic rings. The van der Waals surface area contributed by atoms with E-state index in [0.29, 0.717) is 24.3 Å². The second kappa shape index (κ2) is 6.95. The predicted molar refractivity (Wildman–Crippen MR) is 105 cm³/mol. The molecule has 0 unspecified atom stereocenters. The summed E-state index contributed by atoms with van der Waals surface area (Å²) < 4.78 is 16.2. The minimum Gasteiger partial charge on any atom is -0.497 e. The summed E-state index contributed by atoms with van der Waals surface area (Å²) in [5.74, 6) is 1.90. The van der Waals surface area contributed by atoms with Crippen LogP contribution in [0.15, 0.2) is 53.7 Å². The van der Waals surface area contributed by atoms with E-state index >= 15 is 0 Å². The molecule has 6 nitrogen and oxygen atoms in total. The summed E-state index contributed by atoms with van der Waals surface area (Å²) in [4.78, 5) is 25.6. The molecule has 2 atom stereocenters. The number of allylic oxidation sites excluding steroid dienone is 2. The molecule has 1 aliphatic carbocycles. The molecule has 5 rings (SSSR count). The van der Waals surface area contributed by atoms with Crippen LogP contribution in [-0.2, 0) is 9.59 Å². The lowest BCUT2D eigenvalue weighted by molar-refractivity contribution is -0.122. The normalized spacial score (nSPS) is 22.9. The van der Waals surface area contributed by atoms with Crippen LogP contribution >= 0.6 is 0 Å². The summed E-state index contributed by atoms with van der Waals surface area (Å²) in [6, 6.07) is 13.4. The van der Waals surface area contributed by atoms with Crippen molar-refractivity contribution in [3.63, 3.8) is 0 Å². The van der Waals surface area contributed by atoms with Gasteiger partial charge in [-0.2, -0.15) is 0 Å². The van der Waals surface area contributed by atoms with Crippen LogP contribution in [0.1, 0.15) is 42.2 Å². The third kappa shape index (κ3) is 3.14. The Morgan fingerprint density at radius 2 is 1.83 bits per heavy atom. The predicted octanol–water partition coefficient (Wildman–Crippen LogP) is 3.43. The zero-order valence-corrected chi connectivity index (χ0v) is 16.1. The molecular formula is C23H21NO5. The minimum absolute atomic E-state index is 0.0205. The van der Waals surface area contributed by atoms with Crippen molar-refractivity contribution in [2.45, 2.75) is 31.1 Å². The van der Waals surface area contributed by atoms with E-state index in [1.807, 2.05) is 42.5 Å². The zero-order chi connectivity index (χ0) is 20.0. The molecule has 2 aromatic carbocycles. The van der Waals surface area contributed by atoms with Crippen molar-refractivity contribution in [1.82, 2.24) is 5.32 Å². The third-order valence-electron chi connectivity index (χ3n) is 5.90. The van der Waals surface area contributed by atoms with Gasteiger partial charge in [-0.05, 0) is 47.7 Å². The first-order chi connectivity index (χ1) is 14.1. The van der Waals surface area contributed by atoms with Gasteiger partial charge in [0.15, 0.2) is 17.3 Å². The Morgan fingerprint density at radius 1 is 0.966 bits per heavy atom. The van der Waals surface area contributed by atoms with Crippen molar-refractivity contribution < 1.29 is 23.8 Å². The van der Waals surface area contributed by atoms with Gasteiger partial charge in [0.1, 0.15) is 5.75 Å². The summed E-state index contributed by atoms with van der Waals surface area (Å²) in [6.45, 7) is 0.193. The van der Waals surface area contributed by atoms with Gasteiger partial charge in [-0.25, -0.2) is 0 Å². The number of methoxy groups -OCH3 is 1. The molecule has 0 saturated carbocycles. The first-order valence-corrected chi connectivity index (χ1v) is 9.72. The highest BCUT2D eigenvalue weighted by molar-refractivity contribution is 6.02. The van der Waals surface area contributed by atoms with Gasteiger partial charge >= 0.3 is 0 Å².